The second kappa shape index (κ2) is 5.30. The molecule has 0 aliphatic rings. The molecule has 0 spiro atoms. The van der Waals surface area contributed by atoms with E-state index in [0.717, 1.165) is 6.42 Å². The first-order chi connectivity index (χ1) is 4.92. The molecule has 0 saturated heterocycles. The Bertz CT molecular complexity index is 102. The number of rotatable bonds is 4. The second-order valence-corrected chi connectivity index (χ2v) is 4.94. The monoisotopic (exact) mass is 250 g/mol. The third-order valence-electron chi connectivity index (χ3n) is 1.01. The molecule has 0 aromatic rings. The quantitative estimate of drug-likeness (QED) is 0.541. The molecule has 0 fully saturated rings. The molecule has 0 aromatic carbocycles. The Hall–Kier alpha value is 0.620. The van der Waals surface area contributed by atoms with E-state index in [0.29, 0.717) is 11.2 Å². The van der Waals surface area contributed by atoms with E-state index in [-0.39, 0.29) is 17.5 Å². The average molecular weight is 251 g/mol. The Morgan fingerprint density at radius 3 is 2.36 bits per heavy atom. The third kappa shape index (κ3) is 10.6. The van der Waals surface area contributed by atoms with E-state index in [4.69, 9.17) is 0 Å². The number of hydrogen-bond acceptors (Lipinski definition) is 1. The molecule has 0 bridgehead atoms. The van der Waals surface area contributed by atoms with Crippen LogP contribution in [0.4, 0.5) is 13.2 Å². The van der Waals surface area contributed by atoms with E-state index in [1.165, 1.54) is 0 Å². The van der Waals surface area contributed by atoms with Crippen molar-refractivity contribution in [2.75, 3.05) is 5.75 Å². The van der Waals surface area contributed by atoms with E-state index in [9.17, 15) is 13.2 Å². The first-order valence-electron chi connectivity index (χ1n) is 3.26. The van der Waals surface area contributed by atoms with Gasteiger partial charge in [-0.3, -0.25) is 0 Å². The molecule has 1 atom stereocenters. The maximum atomic E-state index is 11.5. The molecule has 5 heteroatoms. The van der Waals surface area contributed by atoms with Crippen molar-refractivity contribution in [1.82, 2.24) is 0 Å². The van der Waals surface area contributed by atoms with Gasteiger partial charge in [-0.25, -0.2) is 0 Å². The summed E-state index contributed by atoms with van der Waals surface area (Å²) in [5.41, 5.74) is -4.06. The lowest BCUT2D eigenvalue weighted by atomic mass is 10.3. The van der Waals surface area contributed by atoms with Gasteiger partial charge in [0.2, 0.25) is 0 Å². The summed E-state index contributed by atoms with van der Waals surface area (Å²) >= 11 is 3.32. The molecule has 0 radical (unpaired) electrons. The van der Waals surface area contributed by atoms with Crippen LogP contribution >= 0.6 is 27.7 Å². The summed E-state index contributed by atoms with van der Waals surface area (Å²) in [4.78, 5) is 0.316. The van der Waals surface area contributed by atoms with Gasteiger partial charge in [0.1, 0.15) is 0 Å². The molecule has 0 amide bonds. The zero-order chi connectivity index (χ0) is 8.91. The topological polar surface area (TPSA) is 0 Å². The molecule has 0 rings (SSSR count). The number of hydrogen-bond donors (Lipinski definition) is 0. The minimum absolute atomic E-state index is 0.0547. The summed E-state index contributed by atoms with van der Waals surface area (Å²) in [5, 5.41) is 0. The van der Waals surface area contributed by atoms with Crippen LogP contribution in [0.25, 0.3) is 0 Å². The largest absolute Gasteiger partial charge is 0.441 e. The van der Waals surface area contributed by atoms with Crippen molar-refractivity contribution < 1.29 is 13.2 Å². The van der Waals surface area contributed by atoms with Crippen molar-refractivity contribution in [2.45, 2.75) is 30.1 Å². The lowest BCUT2D eigenvalue weighted by Gasteiger charge is -2.05. The first-order valence-corrected chi connectivity index (χ1v) is 5.16. The lowest BCUT2D eigenvalue weighted by molar-refractivity contribution is -0.0328. The molecule has 1 unspecified atom stereocenters. The smallest absolute Gasteiger partial charge is 0.160 e. The molecule has 11 heavy (non-hydrogen) atoms. The lowest BCUT2D eigenvalue weighted by Crippen LogP contribution is -2.02. The van der Waals surface area contributed by atoms with Crippen LogP contribution in [0.1, 0.15) is 19.8 Å². The summed E-state index contributed by atoms with van der Waals surface area (Å²) in [6.45, 7) is 1.93. The third-order valence-corrected chi connectivity index (χ3v) is 2.29. The van der Waals surface area contributed by atoms with Gasteiger partial charge in [-0.2, -0.15) is 13.2 Å². The van der Waals surface area contributed by atoms with Crippen LogP contribution in [0.5, 0.6) is 0 Å². The van der Waals surface area contributed by atoms with Gasteiger partial charge in [-0.15, -0.1) is 0 Å². The zero-order valence-corrected chi connectivity index (χ0v) is 8.52. The molecule has 0 N–H and O–H groups in total. The van der Waals surface area contributed by atoms with E-state index < -0.39 is 5.51 Å². The Kier molecular flexibility index (Phi) is 5.60. The standard InChI is InChI=1S/C6H10BrF3S/c1-5(7)3-2-4-11-6(8,9)10/h5H,2-4H2,1H3. The SMILES string of the molecule is CC(Br)CCCSC(F)(F)F. The van der Waals surface area contributed by atoms with Gasteiger partial charge in [-0.1, -0.05) is 34.6 Å². The predicted octanol–water partition coefficient (Wildman–Crippen LogP) is 3.80. The molecule has 0 nitrogen and oxygen atoms in total. The van der Waals surface area contributed by atoms with Crippen molar-refractivity contribution in [3.05, 3.63) is 0 Å². The van der Waals surface area contributed by atoms with Crippen LogP contribution in [-0.2, 0) is 0 Å². The Morgan fingerprint density at radius 2 is 2.00 bits per heavy atom. The molecule has 0 aliphatic heterocycles. The highest BCUT2D eigenvalue weighted by Crippen LogP contribution is 2.30. The van der Waals surface area contributed by atoms with Crippen LogP contribution < -0.4 is 0 Å². The number of alkyl halides is 4. The molecule has 0 aromatic heterocycles. The zero-order valence-electron chi connectivity index (χ0n) is 6.12. The van der Waals surface area contributed by atoms with Gasteiger partial charge in [0.05, 0.1) is 0 Å². The minimum atomic E-state index is -4.06. The Morgan fingerprint density at radius 1 is 1.45 bits per heavy atom. The van der Waals surface area contributed by atoms with E-state index in [1.54, 1.807) is 0 Å². The fourth-order valence-corrected chi connectivity index (χ4v) is 1.42. The Labute approximate surface area is 77.1 Å². The molecule has 0 heterocycles. The molecule has 0 aliphatic carbocycles. The summed E-state index contributed by atoms with van der Waals surface area (Å²) in [6, 6.07) is 0. The Balaban J connectivity index is 3.15. The fourth-order valence-electron chi connectivity index (χ4n) is 0.553. The van der Waals surface area contributed by atoms with Crippen molar-refractivity contribution in [3.63, 3.8) is 0 Å². The second-order valence-electron chi connectivity index (χ2n) is 2.22. The van der Waals surface area contributed by atoms with E-state index in [2.05, 4.69) is 15.9 Å². The average Bonchev–Trinajstić information content (AvgIpc) is 1.78. The maximum Gasteiger partial charge on any atom is 0.441 e. The van der Waals surface area contributed by atoms with Gasteiger partial charge < -0.3 is 0 Å². The maximum absolute atomic E-state index is 11.5. The van der Waals surface area contributed by atoms with Crippen molar-refractivity contribution in [1.29, 1.82) is 0 Å². The van der Waals surface area contributed by atoms with Gasteiger partial charge in [0.25, 0.3) is 0 Å². The van der Waals surface area contributed by atoms with Gasteiger partial charge in [0, 0.05) is 10.6 Å². The van der Waals surface area contributed by atoms with E-state index >= 15 is 0 Å². The molecule has 68 valence electrons. The normalized spacial score (nSPS) is 15.0. The van der Waals surface area contributed by atoms with Crippen LogP contribution in [-0.4, -0.2) is 16.1 Å². The molecular formula is C6H10BrF3S. The summed E-state index contributed by atoms with van der Waals surface area (Å²) in [7, 11) is 0. The van der Waals surface area contributed by atoms with Gasteiger partial charge >= 0.3 is 5.51 Å². The molecule has 0 saturated carbocycles. The first kappa shape index (κ1) is 11.6. The summed E-state index contributed by atoms with van der Waals surface area (Å²) < 4.78 is 34.6. The fraction of sp³-hybridized carbons (Fsp3) is 1.00. The highest BCUT2D eigenvalue weighted by molar-refractivity contribution is 9.09. The van der Waals surface area contributed by atoms with Gasteiger partial charge in [0.15, 0.2) is 0 Å². The molecular weight excluding hydrogens is 241 g/mol. The number of halogens is 4. The highest BCUT2D eigenvalue weighted by Gasteiger charge is 2.27. The highest BCUT2D eigenvalue weighted by atomic mass is 79.9. The van der Waals surface area contributed by atoms with Crippen LogP contribution in [0.2, 0.25) is 0 Å². The van der Waals surface area contributed by atoms with Crippen LogP contribution in [0.15, 0.2) is 0 Å². The van der Waals surface area contributed by atoms with Crippen molar-refractivity contribution >= 4 is 27.7 Å². The van der Waals surface area contributed by atoms with Crippen LogP contribution in [0, 0.1) is 0 Å². The van der Waals surface area contributed by atoms with Crippen LogP contribution in [0.3, 0.4) is 0 Å². The van der Waals surface area contributed by atoms with Crippen molar-refractivity contribution in [2.24, 2.45) is 0 Å². The number of thioether (sulfide) groups is 1. The minimum Gasteiger partial charge on any atom is -0.160 e. The summed E-state index contributed by atoms with van der Waals surface area (Å²) in [5.74, 6) is 0.166. The van der Waals surface area contributed by atoms with Gasteiger partial charge in [-0.05, 0) is 12.8 Å². The van der Waals surface area contributed by atoms with Crippen molar-refractivity contribution in [3.8, 4) is 0 Å². The summed E-state index contributed by atoms with van der Waals surface area (Å²) in [6.07, 6.45) is 1.40. The van der Waals surface area contributed by atoms with E-state index in [1.807, 2.05) is 6.92 Å². The predicted molar refractivity (Wildman–Crippen MR) is 46.1 cm³/mol.